The summed E-state index contributed by atoms with van der Waals surface area (Å²) < 4.78 is 5.39. The lowest BCUT2D eigenvalue weighted by Gasteiger charge is -2.27. The molecular weight excluding hydrogens is 328 g/mol. The number of aryl methyl sites for hydroxylation is 1. The van der Waals surface area contributed by atoms with Gasteiger partial charge in [-0.3, -0.25) is 4.79 Å². The van der Waals surface area contributed by atoms with Gasteiger partial charge in [0.15, 0.2) is 0 Å². The van der Waals surface area contributed by atoms with Crippen LogP contribution in [0.2, 0.25) is 0 Å². The Kier molecular flexibility index (Phi) is 5.99. The van der Waals surface area contributed by atoms with Crippen molar-refractivity contribution >= 4 is 12.0 Å². The fraction of sp³-hybridized carbons (Fsp3) is 0.619. The maximum absolute atomic E-state index is 12.6. The minimum atomic E-state index is -0.519. The van der Waals surface area contributed by atoms with E-state index in [0.717, 1.165) is 0 Å². The summed E-state index contributed by atoms with van der Waals surface area (Å²) in [4.78, 5) is 26.3. The lowest BCUT2D eigenvalue weighted by molar-refractivity contribution is -0.124. The Bertz CT molecular complexity index is 661. The highest BCUT2D eigenvalue weighted by Crippen LogP contribution is 2.24. The van der Waals surface area contributed by atoms with Crippen molar-refractivity contribution in [1.82, 2.24) is 10.2 Å². The Hall–Kier alpha value is -2.04. The molecule has 2 amide bonds. The molecule has 2 rings (SSSR count). The number of nitrogens with zero attached hydrogens (tertiary/aromatic N) is 1. The van der Waals surface area contributed by atoms with Crippen LogP contribution in [0.25, 0.3) is 0 Å². The van der Waals surface area contributed by atoms with Gasteiger partial charge in [-0.1, -0.05) is 43.7 Å². The van der Waals surface area contributed by atoms with Crippen molar-refractivity contribution in [1.29, 1.82) is 0 Å². The van der Waals surface area contributed by atoms with Crippen LogP contribution in [0.1, 0.15) is 52.2 Å². The second-order valence-corrected chi connectivity index (χ2v) is 8.88. The van der Waals surface area contributed by atoms with Crippen LogP contribution in [0.5, 0.6) is 0 Å². The average molecular weight is 360 g/mol. The third-order valence-electron chi connectivity index (χ3n) is 4.71. The summed E-state index contributed by atoms with van der Waals surface area (Å²) in [5.41, 5.74) is 1.76. The van der Waals surface area contributed by atoms with E-state index in [0.29, 0.717) is 26.1 Å². The number of nitrogens with one attached hydrogen (secondary N) is 1. The lowest BCUT2D eigenvalue weighted by atomic mass is 9.84. The van der Waals surface area contributed by atoms with Gasteiger partial charge in [0.25, 0.3) is 0 Å². The Balaban J connectivity index is 1.88. The fourth-order valence-electron chi connectivity index (χ4n) is 3.09. The van der Waals surface area contributed by atoms with Gasteiger partial charge >= 0.3 is 6.09 Å². The van der Waals surface area contributed by atoms with E-state index in [1.54, 1.807) is 4.90 Å². The van der Waals surface area contributed by atoms with Crippen LogP contribution in [0.3, 0.4) is 0 Å². The Morgan fingerprint density at radius 3 is 2.54 bits per heavy atom. The molecule has 1 aromatic carbocycles. The zero-order valence-electron chi connectivity index (χ0n) is 16.9. The zero-order chi connectivity index (χ0) is 19.5. The molecule has 1 saturated heterocycles. The molecule has 1 heterocycles. The second kappa shape index (κ2) is 7.68. The number of carbonyl (C=O) groups excluding carboxylic acids is 2. The van der Waals surface area contributed by atoms with Crippen LogP contribution in [-0.4, -0.2) is 42.1 Å². The molecule has 5 heteroatoms. The van der Waals surface area contributed by atoms with Crippen molar-refractivity contribution in [3.63, 3.8) is 0 Å². The summed E-state index contributed by atoms with van der Waals surface area (Å²) in [5.74, 6) is -0.160. The van der Waals surface area contributed by atoms with Crippen LogP contribution < -0.4 is 5.32 Å². The Morgan fingerprint density at radius 2 is 1.92 bits per heavy atom. The summed E-state index contributed by atoms with van der Waals surface area (Å²) >= 11 is 0. The Labute approximate surface area is 157 Å². The van der Waals surface area contributed by atoms with Gasteiger partial charge in [-0.25, -0.2) is 4.79 Å². The molecule has 0 saturated carbocycles. The zero-order valence-corrected chi connectivity index (χ0v) is 16.9. The molecule has 5 nitrogen and oxygen atoms in total. The molecule has 0 radical (unpaired) electrons. The van der Waals surface area contributed by atoms with Crippen LogP contribution in [0.4, 0.5) is 4.79 Å². The molecule has 1 unspecified atom stereocenters. The molecule has 1 aliphatic heterocycles. The number of hydrogen-bond donors (Lipinski definition) is 1. The van der Waals surface area contributed by atoms with Crippen LogP contribution in [0.15, 0.2) is 24.3 Å². The van der Waals surface area contributed by atoms with Crippen molar-refractivity contribution in [2.75, 3.05) is 19.6 Å². The second-order valence-electron chi connectivity index (χ2n) is 8.88. The smallest absolute Gasteiger partial charge is 0.410 e. The molecular formula is C21H32N2O3. The first kappa shape index (κ1) is 20.3. The molecule has 26 heavy (non-hydrogen) atoms. The van der Waals surface area contributed by atoms with Crippen LogP contribution >= 0.6 is 0 Å². The number of ether oxygens (including phenoxy) is 1. The van der Waals surface area contributed by atoms with Gasteiger partial charge in [0.2, 0.25) is 5.91 Å². The molecule has 0 aliphatic carbocycles. The van der Waals surface area contributed by atoms with E-state index in [1.165, 1.54) is 11.1 Å². The van der Waals surface area contributed by atoms with E-state index >= 15 is 0 Å². The molecule has 144 valence electrons. The third-order valence-corrected chi connectivity index (χ3v) is 4.71. The van der Waals surface area contributed by atoms with Crippen LogP contribution in [-0.2, 0) is 14.9 Å². The maximum Gasteiger partial charge on any atom is 0.410 e. The maximum atomic E-state index is 12.6. The van der Waals surface area contributed by atoms with Gasteiger partial charge in [-0.05, 0) is 39.7 Å². The molecule has 0 aromatic heterocycles. The number of hydrogen-bond acceptors (Lipinski definition) is 3. The number of amides is 2. The first-order valence-electron chi connectivity index (χ1n) is 9.31. The van der Waals surface area contributed by atoms with E-state index in [1.807, 2.05) is 26.8 Å². The van der Waals surface area contributed by atoms with Crippen molar-refractivity contribution < 1.29 is 14.3 Å². The highest BCUT2D eigenvalue weighted by Gasteiger charge is 2.34. The molecule has 0 bridgehead atoms. The standard InChI is InChI=1S/C21H32N2O3/c1-15-8-7-9-17(12-15)21(5,6)14-22-18(24)16-10-11-23(13-16)19(25)26-20(2,3)4/h7-9,12,16H,10-11,13-14H2,1-6H3,(H,22,24). The van der Waals surface area contributed by atoms with Crippen molar-refractivity contribution in [2.45, 2.75) is 59.0 Å². The molecule has 1 fully saturated rings. The van der Waals surface area contributed by atoms with E-state index in [9.17, 15) is 9.59 Å². The largest absolute Gasteiger partial charge is 0.444 e. The topological polar surface area (TPSA) is 58.6 Å². The molecule has 0 spiro atoms. The quantitative estimate of drug-likeness (QED) is 0.892. The monoisotopic (exact) mass is 360 g/mol. The first-order valence-corrected chi connectivity index (χ1v) is 9.31. The Morgan fingerprint density at radius 1 is 1.23 bits per heavy atom. The highest BCUT2D eigenvalue weighted by atomic mass is 16.6. The van der Waals surface area contributed by atoms with Crippen molar-refractivity contribution in [3.05, 3.63) is 35.4 Å². The minimum Gasteiger partial charge on any atom is -0.444 e. The summed E-state index contributed by atoms with van der Waals surface area (Å²) in [6.07, 6.45) is 0.337. The lowest BCUT2D eigenvalue weighted by Crippen LogP contribution is -2.41. The highest BCUT2D eigenvalue weighted by molar-refractivity contribution is 5.80. The number of likely N-dealkylation sites (tertiary alicyclic amines) is 1. The summed E-state index contributed by atoms with van der Waals surface area (Å²) in [6, 6.07) is 8.37. The molecule has 1 aromatic rings. The van der Waals surface area contributed by atoms with E-state index in [2.05, 4.69) is 44.3 Å². The summed E-state index contributed by atoms with van der Waals surface area (Å²) in [7, 11) is 0. The van der Waals surface area contributed by atoms with Gasteiger partial charge in [-0.2, -0.15) is 0 Å². The molecule has 1 N–H and O–H groups in total. The summed E-state index contributed by atoms with van der Waals surface area (Å²) in [6.45, 7) is 13.4. The van der Waals surface area contributed by atoms with E-state index < -0.39 is 5.60 Å². The molecule has 1 aliphatic rings. The van der Waals surface area contributed by atoms with Crippen LogP contribution in [0, 0.1) is 12.8 Å². The van der Waals surface area contributed by atoms with E-state index in [4.69, 9.17) is 4.74 Å². The predicted molar refractivity (Wildman–Crippen MR) is 103 cm³/mol. The van der Waals surface area contributed by atoms with E-state index in [-0.39, 0.29) is 23.3 Å². The van der Waals surface area contributed by atoms with Gasteiger partial charge in [0.05, 0.1) is 5.92 Å². The SMILES string of the molecule is Cc1cccc(C(C)(C)CNC(=O)C2CCN(C(=O)OC(C)(C)C)C2)c1. The number of carbonyl (C=O) groups is 2. The van der Waals surface area contributed by atoms with Gasteiger partial charge in [-0.15, -0.1) is 0 Å². The number of rotatable bonds is 4. The first-order chi connectivity index (χ1) is 12.0. The normalized spacial score (nSPS) is 17.9. The molecule has 1 atom stereocenters. The van der Waals surface area contributed by atoms with Crippen molar-refractivity contribution in [3.8, 4) is 0 Å². The van der Waals surface area contributed by atoms with Gasteiger partial charge < -0.3 is 15.0 Å². The average Bonchev–Trinajstić information content (AvgIpc) is 3.01. The third kappa shape index (κ3) is 5.48. The minimum absolute atomic E-state index is 0.0109. The fourth-order valence-corrected chi connectivity index (χ4v) is 3.09. The predicted octanol–water partition coefficient (Wildman–Crippen LogP) is 3.65. The van der Waals surface area contributed by atoms with Crippen molar-refractivity contribution in [2.24, 2.45) is 5.92 Å². The van der Waals surface area contributed by atoms with Gasteiger partial charge in [0, 0.05) is 25.0 Å². The van der Waals surface area contributed by atoms with Gasteiger partial charge in [0.1, 0.15) is 5.60 Å². The number of benzene rings is 1. The summed E-state index contributed by atoms with van der Waals surface area (Å²) in [5, 5.41) is 3.07.